The Balaban J connectivity index is 3.06. The van der Waals surface area contributed by atoms with Crippen LogP contribution < -0.4 is 0 Å². The van der Waals surface area contributed by atoms with E-state index in [1.165, 1.54) is 4.31 Å². The van der Waals surface area contributed by atoms with Crippen LogP contribution in [0.4, 0.5) is 5.69 Å². The second-order valence-corrected chi connectivity index (χ2v) is 6.35. The lowest BCUT2D eigenvalue weighted by Gasteiger charge is -2.18. The molecule has 0 bridgehead atoms. The van der Waals surface area contributed by atoms with E-state index in [1.807, 2.05) is 27.7 Å². The number of benzene rings is 1. The van der Waals surface area contributed by atoms with Gasteiger partial charge in [-0.15, -0.1) is 5.11 Å². The van der Waals surface area contributed by atoms with E-state index in [9.17, 15) is 8.42 Å². The fourth-order valence-electron chi connectivity index (χ4n) is 1.88. The number of hydrogen-bond acceptors (Lipinski definition) is 4. The Morgan fingerprint density at radius 3 is 2.14 bits per heavy atom. The van der Waals surface area contributed by atoms with Crippen LogP contribution in [0, 0.1) is 0 Å². The SMILES string of the molecule is CCN(CC)N=Nc1cccc(S(=O)(=O)N(CC)CC)c1. The molecule has 21 heavy (non-hydrogen) atoms. The molecule has 0 saturated heterocycles. The molecule has 0 atom stereocenters. The van der Waals surface area contributed by atoms with E-state index in [0.717, 1.165) is 13.1 Å². The standard InChI is InChI=1S/C14H24N4O2S/c1-5-17(6-2)16-15-13-10-9-11-14(12-13)21(19,20)18(7-3)8-4/h9-12H,5-8H2,1-4H3. The summed E-state index contributed by atoms with van der Waals surface area (Å²) in [6, 6.07) is 6.58. The summed E-state index contributed by atoms with van der Waals surface area (Å²) in [5.41, 5.74) is 0.537. The van der Waals surface area contributed by atoms with Crippen molar-refractivity contribution in [3.05, 3.63) is 24.3 Å². The maximum Gasteiger partial charge on any atom is 0.243 e. The molecule has 1 rings (SSSR count). The summed E-state index contributed by atoms with van der Waals surface area (Å²) in [7, 11) is -3.46. The van der Waals surface area contributed by atoms with Crippen LogP contribution in [0.1, 0.15) is 27.7 Å². The fraction of sp³-hybridized carbons (Fsp3) is 0.571. The first-order chi connectivity index (χ1) is 9.99. The smallest absolute Gasteiger partial charge is 0.243 e. The normalized spacial score (nSPS) is 12.2. The second kappa shape index (κ2) is 8.09. The van der Waals surface area contributed by atoms with Gasteiger partial charge in [0.15, 0.2) is 0 Å². The zero-order valence-corrected chi connectivity index (χ0v) is 14.0. The summed E-state index contributed by atoms with van der Waals surface area (Å²) in [4.78, 5) is 0.252. The average Bonchev–Trinajstić information content (AvgIpc) is 2.49. The molecule has 0 unspecified atom stereocenters. The highest BCUT2D eigenvalue weighted by Gasteiger charge is 2.21. The van der Waals surface area contributed by atoms with Crippen LogP contribution in [0.25, 0.3) is 0 Å². The first-order valence-electron chi connectivity index (χ1n) is 7.26. The van der Waals surface area contributed by atoms with Crippen molar-refractivity contribution in [2.45, 2.75) is 32.6 Å². The summed E-state index contributed by atoms with van der Waals surface area (Å²) in [5, 5.41) is 9.99. The van der Waals surface area contributed by atoms with Gasteiger partial charge in [-0.25, -0.2) is 8.42 Å². The topological polar surface area (TPSA) is 65.3 Å². The molecule has 1 aromatic rings. The van der Waals surface area contributed by atoms with Crippen LogP contribution in [-0.2, 0) is 10.0 Å². The molecule has 0 N–H and O–H groups in total. The molecular formula is C14H24N4O2S. The summed E-state index contributed by atoms with van der Waals surface area (Å²) < 4.78 is 26.3. The lowest BCUT2D eigenvalue weighted by molar-refractivity contribution is 0.300. The largest absolute Gasteiger partial charge is 0.279 e. The van der Waals surface area contributed by atoms with Crippen molar-refractivity contribution < 1.29 is 8.42 Å². The van der Waals surface area contributed by atoms with E-state index in [2.05, 4.69) is 10.3 Å². The van der Waals surface area contributed by atoms with Crippen molar-refractivity contribution >= 4 is 15.7 Å². The van der Waals surface area contributed by atoms with Crippen molar-refractivity contribution in [3.63, 3.8) is 0 Å². The van der Waals surface area contributed by atoms with E-state index < -0.39 is 10.0 Å². The van der Waals surface area contributed by atoms with Gasteiger partial charge in [-0.3, -0.25) is 5.01 Å². The van der Waals surface area contributed by atoms with E-state index in [-0.39, 0.29) is 4.90 Å². The van der Waals surface area contributed by atoms with E-state index in [0.29, 0.717) is 18.8 Å². The maximum atomic E-state index is 12.4. The van der Waals surface area contributed by atoms with E-state index in [1.54, 1.807) is 29.3 Å². The zero-order valence-electron chi connectivity index (χ0n) is 13.2. The van der Waals surface area contributed by atoms with E-state index >= 15 is 0 Å². The average molecular weight is 312 g/mol. The van der Waals surface area contributed by atoms with Gasteiger partial charge in [0.1, 0.15) is 0 Å². The third-order valence-electron chi connectivity index (χ3n) is 3.18. The first-order valence-corrected chi connectivity index (χ1v) is 8.70. The van der Waals surface area contributed by atoms with Gasteiger partial charge < -0.3 is 0 Å². The Hall–Kier alpha value is -1.47. The Labute approximate surface area is 127 Å². The first kappa shape index (κ1) is 17.6. The predicted octanol–water partition coefficient (Wildman–Crippen LogP) is 3.06. The third kappa shape index (κ3) is 4.50. The molecule has 0 heterocycles. The molecule has 7 heteroatoms. The molecule has 0 aliphatic rings. The van der Waals surface area contributed by atoms with Crippen LogP contribution in [0.5, 0.6) is 0 Å². The highest BCUT2D eigenvalue weighted by atomic mass is 32.2. The van der Waals surface area contributed by atoms with Gasteiger partial charge in [0.25, 0.3) is 0 Å². The summed E-state index contributed by atoms with van der Waals surface area (Å²) >= 11 is 0. The Morgan fingerprint density at radius 2 is 1.62 bits per heavy atom. The Bertz CT molecular complexity index is 564. The van der Waals surface area contributed by atoms with Gasteiger partial charge in [0.2, 0.25) is 10.0 Å². The zero-order chi connectivity index (χ0) is 15.9. The van der Waals surface area contributed by atoms with Crippen LogP contribution >= 0.6 is 0 Å². The summed E-state index contributed by atoms with van der Waals surface area (Å²) in [5.74, 6) is 0. The highest BCUT2D eigenvalue weighted by molar-refractivity contribution is 7.89. The number of rotatable bonds is 8. The van der Waals surface area contributed by atoms with Gasteiger partial charge >= 0.3 is 0 Å². The Kier molecular flexibility index (Phi) is 6.77. The highest BCUT2D eigenvalue weighted by Crippen LogP contribution is 2.21. The number of nitrogens with zero attached hydrogens (tertiary/aromatic N) is 4. The fourth-order valence-corrected chi connectivity index (χ4v) is 3.38. The monoisotopic (exact) mass is 312 g/mol. The van der Waals surface area contributed by atoms with E-state index in [4.69, 9.17) is 0 Å². The second-order valence-electron chi connectivity index (χ2n) is 4.42. The van der Waals surface area contributed by atoms with Gasteiger partial charge in [-0.1, -0.05) is 25.1 Å². The Morgan fingerprint density at radius 1 is 1.00 bits per heavy atom. The van der Waals surface area contributed by atoms with Crippen molar-refractivity contribution in [3.8, 4) is 0 Å². The molecule has 0 aliphatic heterocycles. The molecule has 6 nitrogen and oxygen atoms in total. The molecule has 0 saturated carbocycles. The summed E-state index contributed by atoms with van der Waals surface area (Å²) in [6.07, 6.45) is 0. The molecule has 0 fully saturated rings. The van der Waals surface area contributed by atoms with Gasteiger partial charge in [-0.05, 0) is 32.0 Å². The molecule has 0 amide bonds. The predicted molar refractivity (Wildman–Crippen MR) is 84.0 cm³/mol. The molecule has 0 radical (unpaired) electrons. The quantitative estimate of drug-likeness (QED) is 0.547. The van der Waals surface area contributed by atoms with Crippen molar-refractivity contribution in [1.82, 2.24) is 9.31 Å². The van der Waals surface area contributed by atoms with Crippen molar-refractivity contribution in [2.24, 2.45) is 10.3 Å². The van der Waals surface area contributed by atoms with Crippen LogP contribution in [0.15, 0.2) is 39.5 Å². The van der Waals surface area contributed by atoms with Gasteiger partial charge in [0.05, 0.1) is 10.6 Å². The van der Waals surface area contributed by atoms with Crippen molar-refractivity contribution in [2.75, 3.05) is 26.2 Å². The third-order valence-corrected chi connectivity index (χ3v) is 5.22. The summed E-state index contributed by atoms with van der Waals surface area (Å²) in [6.45, 7) is 10.0. The van der Waals surface area contributed by atoms with Crippen LogP contribution in [0.2, 0.25) is 0 Å². The molecule has 0 spiro atoms. The minimum atomic E-state index is -3.46. The maximum absolute atomic E-state index is 12.4. The lowest BCUT2D eigenvalue weighted by atomic mass is 10.3. The van der Waals surface area contributed by atoms with Crippen LogP contribution in [0.3, 0.4) is 0 Å². The van der Waals surface area contributed by atoms with Gasteiger partial charge in [-0.2, -0.15) is 4.31 Å². The number of hydrogen-bond donors (Lipinski definition) is 0. The molecule has 0 aliphatic carbocycles. The molecule has 118 valence electrons. The molecule has 1 aromatic carbocycles. The molecule has 0 aromatic heterocycles. The minimum absolute atomic E-state index is 0.252. The lowest BCUT2D eigenvalue weighted by Crippen LogP contribution is -2.30. The molecular weight excluding hydrogens is 288 g/mol. The van der Waals surface area contributed by atoms with Crippen molar-refractivity contribution in [1.29, 1.82) is 0 Å². The minimum Gasteiger partial charge on any atom is -0.279 e. The number of sulfonamides is 1. The van der Waals surface area contributed by atoms with Gasteiger partial charge in [0, 0.05) is 26.2 Å². The van der Waals surface area contributed by atoms with Crippen LogP contribution in [-0.4, -0.2) is 43.9 Å².